The molecule has 6 nitrogen and oxygen atoms in total. The molecule has 24 heavy (non-hydrogen) atoms. The molecule has 0 aliphatic carbocycles. The third-order valence-electron chi connectivity index (χ3n) is 4.04. The Morgan fingerprint density at radius 2 is 2.00 bits per heavy atom. The molecule has 2 N–H and O–H groups in total. The highest BCUT2D eigenvalue weighted by atomic mass is 35.5. The minimum atomic E-state index is -0.257. The van der Waals surface area contributed by atoms with Crippen LogP contribution in [0.5, 0.6) is 0 Å². The second kappa shape index (κ2) is 8.75. The van der Waals surface area contributed by atoms with Crippen LogP contribution in [0, 0.1) is 5.82 Å². The lowest BCUT2D eigenvalue weighted by Gasteiger charge is -2.22. The summed E-state index contributed by atoms with van der Waals surface area (Å²) < 4.78 is 14.6. The first-order valence-electron chi connectivity index (χ1n) is 7.87. The van der Waals surface area contributed by atoms with Crippen LogP contribution in [0.1, 0.15) is 34.9 Å². The molecule has 1 amide bonds. The zero-order valence-electron chi connectivity index (χ0n) is 13.2. The summed E-state index contributed by atoms with van der Waals surface area (Å²) in [6, 6.07) is 6.58. The number of hydrogen-bond acceptors (Lipinski definition) is 4. The molecule has 1 aromatic carbocycles. The number of piperidine rings is 1. The number of hydrogen-bond donors (Lipinski definition) is 2. The fraction of sp³-hybridized carbons (Fsp3) is 0.438. The number of aromatic nitrogens is 3. The highest BCUT2D eigenvalue weighted by Crippen LogP contribution is 2.16. The number of carbonyl (C=O) groups is 1. The standard InChI is InChI=1S/C16H20FN5O.ClH/c17-13-3-1-12(2-4-13)5-10-19-16(23)15-11-22(21-20-15)14-6-8-18-9-7-14;/h1-4,11,14,18H,5-10H2,(H,19,23);1H. The lowest BCUT2D eigenvalue weighted by Crippen LogP contribution is -2.29. The molecule has 1 aliphatic heterocycles. The van der Waals surface area contributed by atoms with E-state index in [4.69, 9.17) is 0 Å². The predicted octanol–water partition coefficient (Wildman–Crippen LogP) is 1.74. The van der Waals surface area contributed by atoms with Crippen molar-refractivity contribution in [2.45, 2.75) is 25.3 Å². The second-order valence-corrected chi connectivity index (χ2v) is 5.70. The maximum atomic E-state index is 12.8. The molecule has 0 unspecified atom stereocenters. The van der Waals surface area contributed by atoms with Gasteiger partial charge in [0.2, 0.25) is 0 Å². The fourth-order valence-electron chi connectivity index (χ4n) is 2.69. The van der Waals surface area contributed by atoms with E-state index >= 15 is 0 Å². The van der Waals surface area contributed by atoms with Crippen molar-refractivity contribution in [2.75, 3.05) is 19.6 Å². The summed E-state index contributed by atoms with van der Waals surface area (Å²) in [5, 5.41) is 14.1. The van der Waals surface area contributed by atoms with Gasteiger partial charge in [-0.15, -0.1) is 17.5 Å². The molecule has 0 spiro atoms. The van der Waals surface area contributed by atoms with Gasteiger partial charge in [0.05, 0.1) is 12.2 Å². The summed E-state index contributed by atoms with van der Waals surface area (Å²) in [7, 11) is 0. The zero-order valence-corrected chi connectivity index (χ0v) is 14.1. The van der Waals surface area contributed by atoms with Gasteiger partial charge in [-0.05, 0) is 50.0 Å². The molecule has 130 valence electrons. The fourth-order valence-corrected chi connectivity index (χ4v) is 2.69. The van der Waals surface area contributed by atoms with Crippen LogP contribution in [0.4, 0.5) is 4.39 Å². The van der Waals surface area contributed by atoms with Crippen molar-refractivity contribution in [1.82, 2.24) is 25.6 Å². The topological polar surface area (TPSA) is 71.8 Å². The Hall–Kier alpha value is -1.99. The van der Waals surface area contributed by atoms with Crippen LogP contribution in [0.25, 0.3) is 0 Å². The Morgan fingerprint density at radius 3 is 2.71 bits per heavy atom. The van der Waals surface area contributed by atoms with Crippen molar-refractivity contribution < 1.29 is 9.18 Å². The molecule has 0 atom stereocenters. The van der Waals surface area contributed by atoms with Crippen LogP contribution in [-0.2, 0) is 6.42 Å². The van der Waals surface area contributed by atoms with E-state index < -0.39 is 0 Å². The van der Waals surface area contributed by atoms with E-state index in [0.717, 1.165) is 31.5 Å². The third kappa shape index (κ3) is 4.75. The number of nitrogens with one attached hydrogen (secondary N) is 2. The Bertz CT molecular complexity index is 655. The van der Waals surface area contributed by atoms with Gasteiger partial charge in [-0.25, -0.2) is 9.07 Å². The van der Waals surface area contributed by atoms with Crippen molar-refractivity contribution in [2.24, 2.45) is 0 Å². The van der Waals surface area contributed by atoms with Gasteiger partial charge in [-0.1, -0.05) is 17.3 Å². The number of benzene rings is 1. The molecule has 0 saturated carbocycles. The molecule has 1 aliphatic rings. The molecule has 2 aromatic rings. The Balaban J connectivity index is 0.00000208. The first kappa shape index (κ1) is 18.4. The number of amides is 1. The van der Waals surface area contributed by atoms with Crippen LogP contribution in [-0.4, -0.2) is 40.5 Å². The monoisotopic (exact) mass is 353 g/mol. The van der Waals surface area contributed by atoms with E-state index in [-0.39, 0.29) is 24.1 Å². The van der Waals surface area contributed by atoms with Crippen molar-refractivity contribution in [1.29, 1.82) is 0 Å². The molecular weight excluding hydrogens is 333 g/mol. The quantitative estimate of drug-likeness (QED) is 0.858. The minimum Gasteiger partial charge on any atom is -0.350 e. The number of rotatable bonds is 5. The van der Waals surface area contributed by atoms with E-state index in [1.165, 1.54) is 12.1 Å². The van der Waals surface area contributed by atoms with Gasteiger partial charge in [-0.2, -0.15) is 0 Å². The van der Waals surface area contributed by atoms with Crippen LogP contribution in [0.3, 0.4) is 0 Å². The molecule has 1 fully saturated rings. The number of carbonyl (C=O) groups excluding carboxylic acids is 1. The predicted molar refractivity (Wildman–Crippen MR) is 90.8 cm³/mol. The summed E-state index contributed by atoms with van der Waals surface area (Å²) in [6.45, 7) is 2.40. The summed E-state index contributed by atoms with van der Waals surface area (Å²) in [5.41, 5.74) is 1.31. The Labute approximate surface area is 146 Å². The van der Waals surface area contributed by atoms with Crippen molar-refractivity contribution >= 4 is 18.3 Å². The minimum absolute atomic E-state index is 0. The van der Waals surface area contributed by atoms with E-state index in [2.05, 4.69) is 20.9 Å². The molecule has 0 bridgehead atoms. The molecule has 8 heteroatoms. The summed E-state index contributed by atoms with van der Waals surface area (Å²) >= 11 is 0. The van der Waals surface area contributed by atoms with Gasteiger partial charge < -0.3 is 10.6 Å². The average Bonchev–Trinajstić information content (AvgIpc) is 3.07. The number of halogens is 2. The summed E-state index contributed by atoms with van der Waals surface area (Å²) in [6.07, 6.45) is 4.35. The lowest BCUT2D eigenvalue weighted by molar-refractivity contribution is 0.0949. The maximum Gasteiger partial charge on any atom is 0.273 e. The van der Waals surface area contributed by atoms with E-state index in [0.29, 0.717) is 24.7 Å². The van der Waals surface area contributed by atoms with E-state index in [9.17, 15) is 9.18 Å². The second-order valence-electron chi connectivity index (χ2n) is 5.70. The summed E-state index contributed by atoms with van der Waals surface area (Å²) in [5.74, 6) is -0.486. The highest BCUT2D eigenvalue weighted by molar-refractivity contribution is 5.91. The maximum absolute atomic E-state index is 12.8. The first-order valence-corrected chi connectivity index (χ1v) is 7.87. The van der Waals surface area contributed by atoms with Crippen LogP contribution < -0.4 is 10.6 Å². The van der Waals surface area contributed by atoms with Crippen LogP contribution >= 0.6 is 12.4 Å². The Morgan fingerprint density at radius 1 is 1.29 bits per heavy atom. The normalized spacial score (nSPS) is 14.9. The average molecular weight is 354 g/mol. The van der Waals surface area contributed by atoms with Crippen molar-refractivity contribution in [3.8, 4) is 0 Å². The van der Waals surface area contributed by atoms with E-state index in [1.54, 1.807) is 23.0 Å². The molecule has 0 radical (unpaired) electrons. The largest absolute Gasteiger partial charge is 0.350 e. The molecule has 1 aromatic heterocycles. The smallest absolute Gasteiger partial charge is 0.273 e. The van der Waals surface area contributed by atoms with Gasteiger partial charge >= 0.3 is 0 Å². The molecule has 1 saturated heterocycles. The molecule has 3 rings (SSSR count). The summed E-state index contributed by atoms with van der Waals surface area (Å²) in [4.78, 5) is 12.1. The van der Waals surface area contributed by atoms with Crippen molar-refractivity contribution in [3.63, 3.8) is 0 Å². The number of nitrogens with zero attached hydrogens (tertiary/aromatic N) is 3. The Kier molecular flexibility index (Phi) is 6.69. The van der Waals surface area contributed by atoms with Crippen LogP contribution in [0.2, 0.25) is 0 Å². The van der Waals surface area contributed by atoms with Gasteiger partial charge in [0.25, 0.3) is 5.91 Å². The molecular formula is C16H21ClFN5O. The van der Waals surface area contributed by atoms with Crippen LogP contribution in [0.15, 0.2) is 30.5 Å². The van der Waals surface area contributed by atoms with Crippen molar-refractivity contribution in [3.05, 3.63) is 47.5 Å². The molecule has 2 heterocycles. The first-order chi connectivity index (χ1) is 11.2. The third-order valence-corrected chi connectivity index (χ3v) is 4.04. The van der Waals surface area contributed by atoms with Gasteiger partial charge in [0, 0.05) is 6.54 Å². The van der Waals surface area contributed by atoms with Gasteiger partial charge in [-0.3, -0.25) is 4.79 Å². The lowest BCUT2D eigenvalue weighted by atomic mass is 10.1. The highest BCUT2D eigenvalue weighted by Gasteiger charge is 2.18. The van der Waals surface area contributed by atoms with Gasteiger partial charge in [0.1, 0.15) is 5.82 Å². The van der Waals surface area contributed by atoms with E-state index in [1.807, 2.05) is 0 Å². The zero-order chi connectivity index (χ0) is 16.1. The van der Waals surface area contributed by atoms with Gasteiger partial charge in [0.15, 0.2) is 5.69 Å². The SMILES string of the molecule is Cl.O=C(NCCc1ccc(F)cc1)c1cn(C2CCNCC2)nn1.